The Hall–Kier alpha value is -0.800. The maximum absolute atomic E-state index is 5.74. The second-order valence-electron chi connectivity index (χ2n) is 3.24. The lowest BCUT2D eigenvalue weighted by Gasteiger charge is -2.05. The number of halogens is 1. The Bertz CT molecular complexity index is 329. The SMILES string of the molecule is COc1nc(Cl)ccc1[C@@H]1C[C@H]1N. The van der Waals surface area contributed by atoms with Crippen LogP contribution in [-0.4, -0.2) is 18.1 Å². The number of hydrogen-bond acceptors (Lipinski definition) is 3. The number of nitrogens with zero attached hydrogens (tertiary/aromatic N) is 1. The van der Waals surface area contributed by atoms with E-state index < -0.39 is 0 Å². The quantitative estimate of drug-likeness (QED) is 0.734. The maximum Gasteiger partial charge on any atom is 0.218 e. The summed E-state index contributed by atoms with van der Waals surface area (Å²) >= 11 is 5.73. The lowest BCUT2D eigenvalue weighted by atomic mass is 10.2. The summed E-state index contributed by atoms with van der Waals surface area (Å²) in [5.74, 6) is 1.00. The van der Waals surface area contributed by atoms with Crippen LogP contribution >= 0.6 is 11.6 Å². The molecular weight excluding hydrogens is 188 g/mol. The van der Waals surface area contributed by atoms with Gasteiger partial charge < -0.3 is 10.5 Å². The Morgan fingerprint density at radius 3 is 2.85 bits per heavy atom. The number of nitrogens with two attached hydrogens (primary N) is 1. The van der Waals surface area contributed by atoms with Gasteiger partial charge in [-0.2, -0.15) is 0 Å². The first kappa shape index (κ1) is 8.78. The predicted octanol–water partition coefficient (Wildman–Crippen LogP) is 1.56. The molecule has 0 radical (unpaired) electrons. The lowest BCUT2D eigenvalue weighted by molar-refractivity contribution is 0.392. The van der Waals surface area contributed by atoms with E-state index in [4.69, 9.17) is 22.1 Å². The normalized spacial score (nSPS) is 25.8. The van der Waals surface area contributed by atoms with E-state index in [1.54, 1.807) is 13.2 Å². The number of methoxy groups -OCH3 is 1. The third-order valence-electron chi connectivity index (χ3n) is 2.29. The van der Waals surface area contributed by atoms with E-state index in [9.17, 15) is 0 Å². The van der Waals surface area contributed by atoms with Crippen molar-refractivity contribution >= 4 is 11.6 Å². The number of aromatic nitrogens is 1. The van der Waals surface area contributed by atoms with Crippen molar-refractivity contribution in [3.63, 3.8) is 0 Å². The molecule has 1 aromatic heterocycles. The summed E-state index contributed by atoms with van der Waals surface area (Å²) in [4.78, 5) is 4.07. The van der Waals surface area contributed by atoms with Crippen molar-refractivity contribution in [1.29, 1.82) is 0 Å². The molecule has 0 aromatic carbocycles. The van der Waals surface area contributed by atoms with Crippen molar-refractivity contribution in [2.45, 2.75) is 18.4 Å². The van der Waals surface area contributed by atoms with Crippen molar-refractivity contribution in [2.75, 3.05) is 7.11 Å². The van der Waals surface area contributed by atoms with Gasteiger partial charge in [-0.1, -0.05) is 17.7 Å². The molecule has 0 unspecified atom stereocenters. The molecular formula is C9H11ClN2O. The summed E-state index contributed by atoms with van der Waals surface area (Å²) in [5, 5.41) is 0.454. The average molecular weight is 199 g/mol. The first-order valence-corrected chi connectivity index (χ1v) is 4.56. The average Bonchev–Trinajstić information content (AvgIpc) is 2.82. The Morgan fingerprint density at radius 2 is 2.31 bits per heavy atom. The van der Waals surface area contributed by atoms with Crippen LogP contribution < -0.4 is 10.5 Å². The van der Waals surface area contributed by atoms with Crippen LogP contribution in [0, 0.1) is 0 Å². The molecule has 1 aliphatic rings. The second kappa shape index (κ2) is 3.16. The number of ether oxygens (including phenoxy) is 1. The molecule has 1 aromatic rings. The summed E-state index contributed by atoms with van der Waals surface area (Å²) in [7, 11) is 1.59. The smallest absolute Gasteiger partial charge is 0.218 e. The molecule has 2 rings (SSSR count). The van der Waals surface area contributed by atoms with Gasteiger partial charge >= 0.3 is 0 Å². The van der Waals surface area contributed by atoms with Crippen molar-refractivity contribution < 1.29 is 4.74 Å². The first-order chi connectivity index (χ1) is 6.22. The zero-order valence-corrected chi connectivity index (χ0v) is 8.08. The molecule has 0 saturated heterocycles. The lowest BCUT2D eigenvalue weighted by Crippen LogP contribution is -2.03. The second-order valence-corrected chi connectivity index (χ2v) is 3.63. The molecule has 1 fully saturated rings. The zero-order chi connectivity index (χ0) is 9.42. The van der Waals surface area contributed by atoms with Crippen molar-refractivity contribution in [1.82, 2.24) is 4.98 Å². The summed E-state index contributed by atoms with van der Waals surface area (Å²) in [6.45, 7) is 0. The molecule has 0 aliphatic heterocycles. The third kappa shape index (κ3) is 1.62. The molecule has 1 aliphatic carbocycles. The number of pyridine rings is 1. The van der Waals surface area contributed by atoms with E-state index in [-0.39, 0.29) is 6.04 Å². The van der Waals surface area contributed by atoms with Gasteiger partial charge in [0.25, 0.3) is 0 Å². The standard InChI is InChI=1S/C9H11ClN2O/c1-13-9-5(6-4-7(6)11)2-3-8(10)12-9/h2-3,6-7H,4,11H2,1H3/t6-,7+/m0/s1. The van der Waals surface area contributed by atoms with E-state index in [1.165, 1.54) is 0 Å². The van der Waals surface area contributed by atoms with Gasteiger partial charge in [-0.25, -0.2) is 4.98 Å². The zero-order valence-electron chi connectivity index (χ0n) is 7.33. The minimum atomic E-state index is 0.261. The van der Waals surface area contributed by atoms with Crippen molar-refractivity contribution in [3.05, 3.63) is 22.8 Å². The molecule has 0 bridgehead atoms. The molecule has 3 nitrogen and oxygen atoms in total. The predicted molar refractivity (Wildman–Crippen MR) is 51.1 cm³/mol. The van der Waals surface area contributed by atoms with Gasteiger partial charge in [0, 0.05) is 17.5 Å². The van der Waals surface area contributed by atoms with Crippen LogP contribution in [0.2, 0.25) is 5.15 Å². The Balaban J connectivity index is 2.34. The third-order valence-corrected chi connectivity index (χ3v) is 2.50. The molecule has 2 atom stereocenters. The van der Waals surface area contributed by atoms with E-state index in [1.807, 2.05) is 6.07 Å². The Labute approximate surface area is 81.9 Å². The summed E-state index contributed by atoms with van der Waals surface area (Å²) in [6.07, 6.45) is 1.01. The maximum atomic E-state index is 5.74. The largest absolute Gasteiger partial charge is 0.481 e. The topological polar surface area (TPSA) is 48.1 Å². The highest BCUT2D eigenvalue weighted by molar-refractivity contribution is 6.29. The fraction of sp³-hybridized carbons (Fsp3) is 0.444. The molecule has 1 heterocycles. The van der Waals surface area contributed by atoms with Gasteiger partial charge in [-0.15, -0.1) is 0 Å². The van der Waals surface area contributed by atoms with Gasteiger partial charge in [0.05, 0.1) is 7.11 Å². The Morgan fingerprint density at radius 1 is 1.62 bits per heavy atom. The van der Waals surface area contributed by atoms with Crippen molar-refractivity contribution in [3.8, 4) is 5.88 Å². The molecule has 70 valence electrons. The minimum absolute atomic E-state index is 0.261. The van der Waals surface area contributed by atoms with Crippen LogP contribution in [0.4, 0.5) is 0 Å². The van der Waals surface area contributed by atoms with Gasteiger partial charge in [0.15, 0.2) is 0 Å². The number of rotatable bonds is 2. The van der Waals surface area contributed by atoms with E-state index in [0.29, 0.717) is 17.0 Å². The van der Waals surface area contributed by atoms with Gasteiger partial charge in [0.1, 0.15) is 5.15 Å². The molecule has 0 amide bonds. The molecule has 4 heteroatoms. The van der Waals surface area contributed by atoms with E-state index in [2.05, 4.69) is 4.98 Å². The summed E-state index contributed by atoms with van der Waals surface area (Å²) < 4.78 is 5.12. The van der Waals surface area contributed by atoms with Crippen LogP contribution in [0.1, 0.15) is 17.9 Å². The van der Waals surface area contributed by atoms with Crippen LogP contribution in [0.3, 0.4) is 0 Å². The molecule has 0 spiro atoms. The molecule has 1 saturated carbocycles. The fourth-order valence-corrected chi connectivity index (χ4v) is 1.59. The fourth-order valence-electron chi connectivity index (χ4n) is 1.45. The monoisotopic (exact) mass is 198 g/mol. The van der Waals surface area contributed by atoms with Crippen LogP contribution in [0.25, 0.3) is 0 Å². The van der Waals surface area contributed by atoms with E-state index in [0.717, 1.165) is 12.0 Å². The minimum Gasteiger partial charge on any atom is -0.481 e. The van der Waals surface area contributed by atoms with Gasteiger partial charge in [0.2, 0.25) is 5.88 Å². The molecule has 13 heavy (non-hydrogen) atoms. The first-order valence-electron chi connectivity index (χ1n) is 4.18. The highest BCUT2D eigenvalue weighted by Gasteiger charge is 2.37. The van der Waals surface area contributed by atoms with Crippen LogP contribution in [0.5, 0.6) is 5.88 Å². The van der Waals surface area contributed by atoms with Crippen molar-refractivity contribution in [2.24, 2.45) is 5.73 Å². The highest BCUT2D eigenvalue weighted by Crippen LogP contribution is 2.42. The summed E-state index contributed by atoms with van der Waals surface area (Å²) in [5.41, 5.74) is 6.81. The van der Waals surface area contributed by atoms with Crippen LogP contribution in [0.15, 0.2) is 12.1 Å². The summed E-state index contributed by atoms with van der Waals surface area (Å²) in [6, 6.07) is 3.97. The van der Waals surface area contributed by atoms with Gasteiger partial charge in [-0.05, 0) is 12.5 Å². The van der Waals surface area contributed by atoms with Crippen LogP contribution in [-0.2, 0) is 0 Å². The Kier molecular flexibility index (Phi) is 2.14. The highest BCUT2D eigenvalue weighted by atomic mass is 35.5. The van der Waals surface area contributed by atoms with Gasteiger partial charge in [-0.3, -0.25) is 0 Å². The number of hydrogen-bond donors (Lipinski definition) is 1. The van der Waals surface area contributed by atoms with E-state index >= 15 is 0 Å². The molecule has 2 N–H and O–H groups in total.